The van der Waals surface area contributed by atoms with Crippen molar-refractivity contribution < 1.29 is 20.5 Å². The summed E-state index contributed by atoms with van der Waals surface area (Å²) in [5.74, 6) is 0.162. The van der Waals surface area contributed by atoms with Gasteiger partial charge < -0.3 is 9.73 Å². The van der Waals surface area contributed by atoms with E-state index in [4.69, 9.17) is 4.42 Å². The highest BCUT2D eigenvalue weighted by Gasteiger charge is 2.21. The number of aryl methyl sites for hydroxylation is 1. The zero-order valence-electron chi connectivity index (χ0n) is 14.1. The number of carbonyl (C=O) groups is 1. The topological polar surface area (TPSA) is 101 Å². The Kier molecular flexibility index (Phi) is 5.21. The van der Waals surface area contributed by atoms with E-state index in [9.17, 15) is 13.2 Å². The number of nitrogens with one attached hydrogen (secondary N) is 2. The van der Waals surface area contributed by atoms with Crippen LogP contribution >= 0.6 is 11.3 Å². The molecule has 3 rings (SSSR count). The third kappa shape index (κ3) is 4.18. The molecule has 0 fully saturated rings. The summed E-state index contributed by atoms with van der Waals surface area (Å²) in [6.07, 6.45) is 0. The van der Waals surface area contributed by atoms with Crippen molar-refractivity contribution in [3.63, 3.8) is 0 Å². The molecule has 1 amide bonds. The minimum Gasteiger partial charge on any atom is -0.442 e. The van der Waals surface area contributed by atoms with Crippen molar-refractivity contribution >= 4 is 32.4 Å². The van der Waals surface area contributed by atoms with Gasteiger partial charge in [-0.2, -0.15) is 0 Å². The van der Waals surface area contributed by atoms with Gasteiger partial charge in [-0.25, -0.2) is 18.1 Å². The molecule has 0 radical (unpaired) electrons. The molecule has 26 heavy (non-hydrogen) atoms. The number of thiazole rings is 1. The van der Waals surface area contributed by atoms with Crippen LogP contribution in [0.15, 0.2) is 52.0 Å². The predicted octanol–water partition coefficient (Wildman–Crippen LogP) is 3.64. The second kappa shape index (κ2) is 7.40. The summed E-state index contributed by atoms with van der Waals surface area (Å²) < 4.78 is 32.9. The lowest BCUT2D eigenvalue weighted by molar-refractivity contribution is -0.114. The van der Waals surface area contributed by atoms with Crippen LogP contribution < -0.4 is 10.0 Å². The van der Waals surface area contributed by atoms with E-state index in [1.165, 1.54) is 24.3 Å². The van der Waals surface area contributed by atoms with E-state index in [0.717, 1.165) is 5.56 Å². The Morgan fingerprint density at radius 3 is 2.65 bits per heavy atom. The second-order valence-corrected chi connectivity index (χ2v) is 8.24. The molecule has 0 spiro atoms. The van der Waals surface area contributed by atoms with Crippen LogP contribution in [0, 0.1) is 6.92 Å². The summed E-state index contributed by atoms with van der Waals surface area (Å²) >= 11 is 1.22. The number of amides is 1. The third-order valence-electron chi connectivity index (χ3n) is 3.46. The molecule has 9 heteroatoms. The van der Waals surface area contributed by atoms with E-state index >= 15 is 0 Å². The molecular formula is C17H21N3O4S2. The van der Waals surface area contributed by atoms with Crippen molar-refractivity contribution in [2.24, 2.45) is 0 Å². The summed E-state index contributed by atoms with van der Waals surface area (Å²) in [5, 5.41) is 2.88. The first kappa shape index (κ1) is 18.3. The molecule has 0 saturated heterocycles. The monoisotopic (exact) mass is 395 g/mol. The summed E-state index contributed by atoms with van der Waals surface area (Å²) in [7, 11) is -3.77. The van der Waals surface area contributed by atoms with Gasteiger partial charge in [0.1, 0.15) is 5.76 Å². The van der Waals surface area contributed by atoms with Crippen molar-refractivity contribution in [1.82, 2.24) is 9.71 Å². The molecule has 3 aromatic rings. The Labute approximate surface area is 158 Å². The largest absolute Gasteiger partial charge is 0.442 e. The maximum Gasteiger partial charge on any atom is 0.274 e. The fourth-order valence-corrected chi connectivity index (χ4v) is 4.18. The highest BCUT2D eigenvalue weighted by molar-refractivity contribution is 7.89. The Hall–Kier alpha value is -2.49. The van der Waals surface area contributed by atoms with Crippen LogP contribution in [0.25, 0.3) is 10.6 Å². The van der Waals surface area contributed by atoms with Crippen LogP contribution in [0.1, 0.15) is 21.0 Å². The van der Waals surface area contributed by atoms with Crippen LogP contribution in [0.4, 0.5) is 5.13 Å². The molecule has 2 heterocycles. The second-order valence-electron chi connectivity index (χ2n) is 5.54. The zero-order chi connectivity index (χ0) is 18.7. The van der Waals surface area contributed by atoms with Crippen molar-refractivity contribution in [1.29, 1.82) is 0 Å². The number of furan rings is 1. The van der Waals surface area contributed by atoms with E-state index in [0.29, 0.717) is 21.5 Å². The van der Waals surface area contributed by atoms with E-state index in [1.54, 1.807) is 13.0 Å². The van der Waals surface area contributed by atoms with Crippen LogP contribution in [0.3, 0.4) is 0 Å². The Morgan fingerprint density at radius 2 is 1.96 bits per heavy atom. The fraction of sp³-hybridized carbons (Fsp3) is 0.176. The minimum atomic E-state index is -3.77. The third-order valence-corrected chi connectivity index (χ3v) is 5.82. The Bertz CT molecular complexity index is 1030. The number of rotatable bonds is 6. The number of nitrogens with zero attached hydrogens (tertiary/aromatic N) is 1. The van der Waals surface area contributed by atoms with Crippen LogP contribution in [0.2, 0.25) is 0 Å². The first-order valence-electron chi connectivity index (χ1n) is 7.74. The molecule has 0 unspecified atom stereocenters. The number of hydrogen-bond donors (Lipinski definition) is 2. The number of anilines is 1. The SMILES string of the molecule is CC(=O)Nc1nc(C)c(-c2ccc(S(=O)(=O)NCc3ccccc3)o2)s1.[HH].[HH]. The maximum atomic E-state index is 12.4. The average Bonchev–Trinajstić information content (AvgIpc) is 3.21. The van der Waals surface area contributed by atoms with Gasteiger partial charge in [0.05, 0.1) is 10.6 Å². The van der Waals surface area contributed by atoms with Crippen molar-refractivity contribution in [3.8, 4) is 10.6 Å². The summed E-state index contributed by atoms with van der Waals surface area (Å²) in [4.78, 5) is 16.0. The van der Waals surface area contributed by atoms with Gasteiger partial charge in [0, 0.05) is 16.3 Å². The molecule has 0 bridgehead atoms. The Balaban J connectivity index is 0.00000196. The fourth-order valence-electron chi connectivity index (χ4n) is 2.26. The normalized spacial score (nSPS) is 11.5. The van der Waals surface area contributed by atoms with E-state index in [1.807, 2.05) is 30.3 Å². The van der Waals surface area contributed by atoms with Crippen LogP contribution in [0.5, 0.6) is 0 Å². The molecule has 7 nitrogen and oxygen atoms in total. The highest BCUT2D eigenvalue weighted by atomic mass is 32.2. The first-order valence-corrected chi connectivity index (χ1v) is 10.0. The molecule has 2 aromatic heterocycles. The summed E-state index contributed by atoms with van der Waals surface area (Å²) in [6, 6.07) is 12.2. The number of carbonyl (C=O) groups excluding carboxylic acids is 1. The molecular weight excluding hydrogens is 374 g/mol. The van der Waals surface area contributed by atoms with E-state index in [2.05, 4.69) is 15.0 Å². The molecule has 140 valence electrons. The lowest BCUT2D eigenvalue weighted by Gasteiger charge is -2.04. The van der Waals surface area contributed by atoms with Gasteiger partial charge in [0.2, 0.25) is 11.0 Å². The van der Waals surface area contributed by atoms with Gasteiger partial charge in [0.25, 0.3) is 10.0 Å². The average molecular weight is 396 g/mol. The van der Waals surface area contributed by atoms with Gasteiger partial charge in [-0.1, -0.05) is 41.7 Å². The molecule has 2 N–H and O–H groups in total. The Morgan fingerprint density at radius 1 is 1.23 bits per heavy atom. The summed E-state index contributed by atoms with van der Waals surface area (Å²) in [6.45, 7) is 3.33. The molecule has 0 aliphatic rings. The van der Waals surface area contributed by atoms with Gasteiger partial charge in [0.15, 0.2) is 5.13 Å². The zero-order valence-corrected chi connectivity index (χ0v) is 15.8. The minimum absolute atomic E-state index is 0. The van der Waals surface area contributed by atoms with Crippen molar-refractivity contribution in [2.75, 3.05) is 5.32 Å². The van der Waals surface area contributed by atoms with Gasteiger partial charge in [-0.3, -0.25) is 4.79 Å². The molecule has 0 aliphatic carbocycles. The van der Waals surface area contributed by atoms with Crippen LogP contribution in [-0.4, -0.2) is 19.3 Å². The van der Waals surface area contributed by atoms with Crippen molar-refractivity contribution in [3.05, 3.63) is 53.7 Å². The number of aromatic nitrogens is 1. The van der Waals surface area contributed by atoms with Crippen molar-refractivity contribution in [2.45, 2.75) is 25.5 Å². The predicted molar refractivity (Wildman–Crippen MR) is 104 cm³/mol. The maximum absolute atomic E-state index is 12.4. The standard InChI is InChI=1S/C17H17N3O4S2.2H2/c1-11-16(25-17(19-11)20-12(2)21)14-8-9-15(24-14)26(22,23)18-10-13-6-4-3-5-7-13;;/h3-9,18H,10H2,1-2H3,(H,19,20,21);2*1H. The lowest BCUT2D eigenvalue weighted by Crippen LogP contribution is -2.22. The molecule has 1 aromatic carbocycles. The number of benzene rings is 1. The van der Waals surface area contributed by atoms with Gasteiger partial charge in [-0.15, -0.1) is 0 Å². The number of hydrogen-bond acceptors (Lipinski definition) is 6. The number of sulfonamides is 1. The molecule has 0 aliphatic heterocycles. The van der Waals surface area contributed by atoms with Crippen LogP contribution in [-0.2, 0) is 21.4 Å². The molecule has 0 atom stereocenters. The lowest BCUT2D eigenvalue weighted by atomic mass is 10.2. The van der Waals surface area contributed by atoms with Gasteiger partial charge in [-0.05, 0) is 24.6 Å². The van der Waals surface area contributed by atoms with E-state index in [-0.39, 0.29) is 20.4 Å². The quantitative estimate of drug-likeness (QED) is 0.663. The first-order chi connectivity index (χ1) is 12.3. The summed E-state index contributed by atoms with van der Waals surface area (Å²) in [5.41, 5.74) is 1.50. The van der Waals surface area contributed by atoms with E-state index < -0.39 is 10.0 Å². The highest BCUT2D eigenvalue weighted by Crippen LogP contribution is 2.34. The smallest absolute Gasteiger partial charge is 0.274 e. The van der Waals surface area contributed by atoms with Gasteiger partial charge >= 0.3 is 0 Å². The molecule has 0 saturated carbocycles.